The first kappa shape index (κ1) is 15.0. The third-order valence-electron chi connectivity index (χ3n) is 2.85. The number of nitrogens with zero attached hydrogens (tertiary/aromatic N) is 1. The van der Waals surface area contributed by atoms with Gasteiger partial charge in [-0.2, -0.15) is 0 Å². The first-order valence-electron chi connectivity index (χ1n) is 6.02. The van der Waals surface area contributed by atoms with E-state index in [4.69, 9.17) is 4.74 Å². The van der Waals surface area contributed by atoms with Gasteiger partial charge in [0, 0.05) is 13.6 Å². The highest BCUT2D eigenvalue weighted by molar-refractivity contribution is 6.32. The summed E-state index contributed by atoms with van der Waals surface area (Å²) in [5.74, 6) is -0.684. The molecule has 0 aliphatic rings. The Hall–Kier alpha value is -2.04. The summed E-state index contributed by atoms with van der Waals surface area (Å²) >= 11 is 0. The Morgan fingerprint density at radius 3 is 2.47 bits per heavy atom. The van der Waals surface area contributed by atoms with E-state index in [1.54, 1.807) is 14.2 Å². The van der Waals surface area contributed by atoms with Gasteiger partial charge in [0.15, 0.2) is 0 Å². The Balaban J connectivity index is 2.82. The number of carbonyl (C=O) groups excluding carboxylic acids is 2. The number of hydrogen-bond donors (Lipinski definition) is 0. The standard InChI is InChI=1S/C14H19NO4/c1-5-11-8-10(6-7-12(11)18-3)9-15(2)13(16)14(17)19-4/h6-8H,5,9H2,1-4H3. The van der Waals surface area contributed by atoms with Gasteiger partial charge in [-0.25, -0.2) is 4.79 Å². The van der Waals surface area contributed by atoms with Crippen LogP contribution in [0.15, 0.2) is 18.2 Å². The minimum atomic E-state index is -0.855. The molecule has 0 aromatic heterocycles. The molecular weight excluding hydrogens is 246 g/mol. The predicted molar refractivity (Wildman–Crippen MR) is 70.9 cm³/mol. The van der Waals surface area contributed by atoms with E-state index in [1.807, 2.05) is 25.1 Å². The second-order valence-electron chi connectivity index (χ2n) is 4.15. The van der Waals surface area contributed by atoms with Gasteiger partial charge in [-0.3, -0.25) is 4.79 Å². The van der Waals surface area contributed by atoms with Gasteiger partial charge in [-0.1, -0.05) is 19.1 Å². The van der Waals surface area contributed by atoms with Gasteiger partial charge in [0.1, 0.15) is 5.75 Å². The molecule has 104 valence electrons. The van der Waals surface area contributed by atoms with Crippen molar-refractivity contribution >= 4 is 11.9 Å². The molecule has 0 spiro atoms. The number of rotatable bonds is 4. The van der Waals surface area contributed by atoms with Crippen LogP contribution >= 0.6 is 0 Å². The topological polar surface area (TPSA) is 55.8 Å². The summed E-state index contributed by atoms with van der Waals surface area (Å²) < 4.78 is 9.65. The van der Waals surface area contributed by atoms with Crippen LogP contribution in [-0.2, 0) is 27.3 Å². The maximum absolute atomic E-state index is 11.6. The lowest BCUT2D eigenvalue weighted by Gasteiger charge is -2.17. The minimum absolute atomic E-state index is 0.352. The molecule has 0 N–H and O–H groups in total. The highest BCUT2D eigenvalue weighted by atomic mass is 16.5. The van der Waals surface area contributed by atoms with Crippen molar-refractivity contribution in [2.24, 2.45) is 0 Å². The Morgan fingerprint density at radius 1 is 1.26 bits per heavy atom. The fourth-order valence-corrected chi connectivity index (χ4v) is 1.80. The molecule has 0 saturated heterocycles. The summed E-state index contributed by atoms with van der Waals surface area (Å²) in [7, 11) is 4.38. The molecule has 0 saturated carbocycles. The van der Waals surface area contributed by atoms with E-state index in [2.05, 4.69) is 4.74 Å². The first-order valence-corrected chi connectivity index (χ1v) is 6.02. The number of benzene rings is 1. The van der Waals surface area contributed by atoms with E-state index in [1.165, 1.54) is 12.0 Å². The van der Waals surface area contributed by atoms with E-state index >= 15 is 0 Å². The molecule has 0 radical (unpaired) electrons. The lowest BCUT2D eigenvalue weighted by Crippen LogP contribution is -2.33. The normalized spacial score (nSPS) is 9.89. The van der Waals surface area contributed by atoms with Gasteiger partial charge in [0.05, 0.1) is 14.2 Å². The summed E-state index contributed by atoms with van der Waals surface area (Å²) in [6, 6.07) is 5.71. The SMILES string of the molecule is CCc1cc(CN(C)C(=O)C(=O)OC)ccc1OC. The Bertz CT molecular complexity index is 471. The van der Waals surface area contributed by atoms with Crippen LogP contribution in [0.2, 0.25) is 0 Å². The quantitative estimate of drug-likeness (QED) is 0.610. The molecular formula is C14H19NO4. The maximum Gasteiger partial charge on any atom is 0.396 e. The summed E-state index contributed by atoms with van der Waals surface area (Å²) in [6.45, 7) is 2.38. The van der Waals surface area contributed by atoms with Crippen molar-refractivity contribution in [1.82, 2.24) is 4.90 Å². The molecule has 19 heavy (non-hydrogen) atoms. The third-order valence-corrected chi connectivity index (χ3v) is 2.85. The average Bonchev–Trinajstić information content (AvgIpc) is 2.45. The highest BCUT2D eigenvalue weighted by Crippen LogP contribution is 2.21. The van der Waals surface area contributed by atoms with Crippen molar-refractivity contribution in [1.29, 1.82) is 0 Å². The average molecular weight is 265 g/mol. The number of methoxy groups -OCH3 is 2. The van der Waals surface area contributed by atoms with Crippen molar-refractivity contribution in [3.05, 3.63) is 29.3 Å². The van der Waals surface area contributed by atoms with Gasteiger partial charge in [0.2, 0.25) is 0 Å². The number of likely N-dealkylation sites (N-methyl/N-ethyl adjacent to an activating group) is 1. The van der Waals surface area contributed by atoms with E-state index in [0.29, 0.717) is 6.54 Å². The van der Waals surface area contributed by atoms with Crippen molar-refractivity contribution in [3.63, 3.8) is 0 Å². The summed E-state index contributed by atoms with van der Waals surface area (Å²) in [5.41, 5.74) is 2.01. The molecule has 0 atom stereocenters. The second-order valence-corrected chi connectivity index (χ2v) is 4.15. The van der Waals surface area contributed by atoms with Crippen LogP contribution < -0.4 is 4.74 Å². The fourth-order valence-electron chi connectivity index (χ4n) is 1.80. The monoisotopic (exact) mass is 265 g/mol. The number of amides is 1. The molecule has 0 aliphatic heterocycles. The second kappa shape index (κ2) is 6.78. The molecule has 1 aromatic rings. The smallest absolute Gasteiger partial charge is 0.396 e. The lowest BCUT2D eigenvalue weighted by molar-refractivity contribution is -0.157. The Kier molecular flexibility index (Phi) is 5.36. The molecule has 0 aliphatic carbocycles. The lowest BCUT2D eigenvalue weighted by atomic mass is 10.1. The van der Waals surface area contributed by atoms with Crippen LogP contribution in [0.25, 0.3) is 0 Å². The Labute approximate surface area is 113 Å². The van der Waals surface area contributed by atoms with E-state index in [-0.39, 0.29) is 0 Å². The molecule has 1 rings (SSSR count). The maximum atomic E-state index is 11.6. The predicted octanol–water partition coefficient (Wildman–Crippen LogP) is 1.39. The molecule has 5 heteroatoms. The third kappa shape index (κ3) is 3.71. The van der Waals surface area contributed by atoms with Crippen LogP contribution in [0.3, 0.4) is 0 Å². The zero-order chi connectivity index (χ0) is 14.4. The van der Waals surface area contributed by atoms with Gasteiger partial charge >= 0.3 is 11.9 Å². The molecule has 1 amide bonds. The van der Waals surface area contributed by atoms with Crippen LogP contribution in [0.5, 0.6) is 5.75 Å². The number of ether oxygens (including phenoxy) is 2. The van der Waals surface area contributed by atoms with Crippen LogP contribution in [-0.4, -0.2) is 38.0 Å². The highest BCUT2D eigenvalue weighted by Gasteiger charge is 2.19. The van der Waals surface area contributed by atoms with Gasteiger partial charge < -0.3 is 14.4 Å². The fraction of sp³-hybridized carbons (Fsp3) is 0.429. The number of esters is 1. The van der Waals surface area contributed by atoms with Gasteiger partial charge in [0.25, 0.3) is 0 Å². The summed E-state index contributed by atoms with van der Waals surface area (Å²) in [4.78, 5) is 24.0. The largest absolute Gasteiger partial charge is 0.496 e. The van der Waals surface area contributed by atoms with Crippen LogP contribution in [0.1, 0.15) is 18.1 Å². The van der Waals surface area contributed by atoms with Crippen molar-refractivity contribution in [2.45, 2.75) is 19.9 Å². The molecule has 0 unspecified atom stereocenters. The summed E-state index contributed by atoms with van der Waals surface area (Å²) in [6.07, 6.45) is 0.839. The van der Waals surface area contributed by atoms with Crippen LogP contribution in [0, 0.1) is 0 Å². The zero-order valence-electron chi connectivity index (χ0n) is 11.7. The molecule has 0 bridgehead atoms. The first-order chi connectivity index (χ1) is 9.03. The van der Waals surface area contributed by atoms with Crippen molar-refractivity contribution < 1.29 is 19.1 Å². The zero-order valence-corrected chi connectivity index (χ0v) is 11.7. The van der Waals surface area contributed by atoms with Crippen LogP contribution in [0.4, 0.5) is 0 Å². The molecule has 0 fully saturated rings. The minimum Gasteiger partial charge on any atom is -0.496 e. The van der Waals surface area contributed by atoms with E-state index in [9.17, 15) is 9.59 Å². The summed E-state index contributed by atoms with van der Waals surface area (Å²) in [5, 5.41) is 0. The van der Waals surface area contributed by atoms with Crippen molar-refractivity contribution in [2.75, 3.05) is 21.3 Å². The van der Waals surface area contributed by atoms with Gasteiger partial charge in [-0.05, 0) is 23.6 Å². The van der Waals surface area contributed by atoms with E-state index < -0.39 is 11.9 Å². The van der Waals surface area contributed by atoms with E-state index in [0.717, 1.165) is 23.3 Å². The van der Waals surface area contributed by atoms with Gasteiger partial charge in [-0.15, -0.1) is 0 Å². The number of carbonyl (C=O) groups is 2. The molecule has 0 heterocycles. The molecule has 5 nitrogen and oxygen atoms in total. The molecule has 1 aromatic carbocycles. The Morgan fingerprint density at radius 2 is 1.95 bits per heavy atom. The number of aryl methyl sites for hydroxylation is 1. The number of hydrogen-bond acceptors (Lipinski definition) is 4. The van der Waals surface area contributed by atoms with Crippen molar-refractivity contribution in [3.8, 4) is 5.75 Å².